The van der Waals surface area contributed by atoms with Crippen molar-refractivity contribution >= 4 is 45.1 Å². The number of carbonyl (C=O) groups is 2. The van der Waals surface area contributed by atoms with Crippen LogP contribution in [0.5, 0.6) is 0 Å². The zero-order chi connectivity index (χ0) is 15.0. The van der Waals surface area contributed by atoms with Crippen LogP contribution in [0.2, 0.25) is 0 Å². The summed E-state index contributed by atoms with van der Waals surface area (Å²) < 4.78 is 0. The molecule has 4 aromatic carbocycles. The van der Waals surface area contributed by atoms with Gasteiger partial charge in [-0.15, -0.1) is 0 Å². The van der Waals surface area contributed by atoms with Crippen molar-refractivity contribution < 1.29 is 14.7 Å². The van der Waals surface area contributed by atoms with E-state index in [2.05, 4.69) is 24.3 Å². The molecule has 0 aliphatic carbocycles. The van der Waals surface area contributed by atoms with Gasteiger partial charge in [-0.3, -0.25) is 0 Å². The van der Waals surface area contributed by atoms with Crippen LogP contribution >= 0.6 is 0 Å². The second kappa shape index (κ2) is 4.87. The van der Waals surface area contributed by atoms with E-state index < -0.39 is 5.97 Å². The maximum absolute atomic E-state index is 11.3. The highest BCUT2D eigenvalue weighted by Gasteiger charge is 2.13. The molecule has 0 aliphatic rings. The lowest BCUT2D eigenvalue weighted by Crippen LogP contribution is -1.98. The van der Waals surface area contributed by atoms with E-state index in [1.807, 2.05) is 31.1 Å². The molecule has 0 bridgehead atoms. The number of carboxylic acids is 1. The molecule has 0 aliphatic heterocycles. The van der Waals surface area contributed by atoms with Gasteiger partial charge in [0.1, 0.15) is 6.79 Å². The molecule has 0 aromatic heterocycles. The number of aromatic carboxylic acids is 1. The van der Waals surface area contributed by atoms with Gasteiger partial charge in [-0.1, -0.05) is 48.5 Å². The highest BCUT2D eigenvalue weighted by molar-refractivity contribution is 6.25. The molecular weight excluding hydrogens is 264 g/mol. The van der Waals surface area contributed by atoms with E-state index in [4.69, 9.17) is 4.79 Å². The Bertz CT molecular complexity index is 941. The third-order valence-corrected chi connectivity index (χ3v) is 3.76. The van der Waals surface area contributed by atoms with Crippen molar-refractivity contribution in [2.45, 2.75) is 0 Å². The first-order valence-corrected chi connectivity index (χ1v) is 6.44. The molecule has 0 amide bonds. The number of carbonyl (C=O) groups excluding carboxylic acids is 1. The summed E-state index contributed by atoms with van der Waals surface area (Å²) in [5, 5.41) is 15.7. The summed E-state index contributed by atoms with van der Waals surface area (Å²) in [7, 11) is 0. The molecule has 0 atom stereocenters. The fourth-order valence-electron chi connectivity index (χ4n) is 2.92. The summed E-state index contributed by atoms with van der Waals surface area (Å²) in [6.07, 6.45) is 0. The fraction of sp³-hybridized carbons (Fsp3) is 0. The van der Waals surface area contributed by atoms with Gasteiger partial charge < -0.3 is 9.90 Å². The molecule has 4 rings (SSSR count). The first-order chi connectivity index (χ1) is 10.3. The minimum Gasteiger partial charge on any atom is -0.478 e. The lowest BCUT2D eigenvalue weighted by Gasteiger charge is -2.11. The Morgan fingerprint density at radius 2 is 1.29 bits per heavy atom. The third-order valence-electron chi connectivity index (χ3n) is 3.76. The van der Waals surface area contributed by atoms with E-state index in [0.29, 0.717) is 5.56 Å². The average Bonchev–Trinajstić information content (AvgIpc) is 2.54. The molecule has 1 N–H and O–H groups in total. The Balaban J connectivity index is 0.000000636. The summed E-state index contributed by atoms with van der Waals surface area (Å²) in [4.78, 5) is 19.3. The summed E-state index contributed by atoms with van der Waals surface area (Å²) in [6, 6.07) is 17.8. The zero-order valence-corrected chi connectivity index (χ0v) is 11.2. The quantitative estimate of drug-likeness (QED) is 0.532. The highest BCUT2D eigenvalue weighted by atomic mass is 16.4. The number of carboxylic acid groups (broad SMARTS) is 1. The van der Waals surface area contributed by atoms with Gasteiger partial charge in [0.05, 0.1) is 5.56 Å². The summed E-state index contributed by atoms with van der Waals surface area (Å²) in [6.45, 7) is 2.00. The number of rotatable bonds is 1. The fourth-order valence-corrected chi connectivity index (χ4v) is 2.92. The van der Waals surface area contributed by atoms with Crippen molar-refractivity contribution in [1.82, 2.24) is 0 Å². The topological polar surface area (TPSA) is 54.4 Å². The van der Waals surface area contributed by atoms with Crippen molar-refractivity contribution in [3.63, 3.8) is 0 Å². The SMILES string of the molecule is C=O.O=C(O)c1ccc2ccc3cccc4ccc1c2c34. The summed E-state index contributed by atoms with van der Waals surface area (Å²) >= 11 is 0. The molecule has 0 spiro atoms. The van der Waals surface area contributed by atoms with Gasteiger partial charge in [0, 0.05) is 0 Å². The number of hydrogen-bond donors (Lipinski definition) is 1. The number of hydrogen-bond acceptors (Lipinski definition) is 2. The average molecular weight is 276 g/mol. The van der Waals surface area contributed by atoms with Crippen molar-refractivity contribution in [3.8, 4) is 0 Å². The normalized spacial score (nSPS) is 10.7. The second-order valence-corrected chi connectivity index (χ2v) is 4.77. The maximum atomic E-state index is 11.3. The monoisotopic (exact) mass is 276 g/mol. The first kappa shape index (κ1) is 13.1. The predicted molar refractivity (Wildman–Crippen MR) is 84.2 cm³/mol. The standard InChI is InChI=1S/C17H10O2.CH2O/c18-17(19)14-9-7-12-5-4-10-2-1-3-11-6-8-13(14)16(12)15(10)11;1-2/h1-9H,(H,18,19);1H2. The molecular formula is C18H12O3. The maximum Gasteiger partial charge on any atom is 0.336 e. The van der Waals surface area contributed by atoms with Crippen LogP contribution < -0.4 is 0 Å². The Morgan fingerprint density at radius 3 is 1.90 bits per heavy atom. The smallest absolute Gasteiger partial charge is 0.336 e. The van der Waals surface area contributed by atoms with Gasteiger partial charge >= 0.3 is 5.97 Å². The van der Waals surface area contributed by atoms with Gasteiger partial charge in [0.25, 0.3) is 0 Å². The van der Waals surface area contributed by atoms with Crippen LogP contribution in [0, 0.1) is 0 Å². The molecule has 21 heavy (non-hydrogen) atoms. The van der Waals surface area contributed by atoms with Gasteiger partial charge in [0.2, 0.25) is 0 Å². The van der Waals surface area contributed by atoms with Gasteiger partial charge in [-0.25, -0.2) is 4.79 Å². The molecule has 102 valence electrons. The largest absolute Gasteiger partial charge is 0.478 e. The predicted octanol–water partition coefficient (Wildman–Crippen LogP) is 4.10. The first-order valence-electron chi connectivity index (χ1n) is 6.44. The summed E-state index contributed by atoms with van der Waals surface area (Å²) in [5.41, 5.74) is 0.366. The second-order valence-electron chi connectivity index (χ2n) is 4.77. The van der Waals surface area contributed by atoms with Crippen LogP contribution in [0.25, 0.3) is 32.3 Å². The van der Waals surface area contributed by atoms with Crippen molar-refractivity contribution in [3.05, 3.63) is 60.2 Å². The molecule has 3 nitrogen and oxygen atoms in total. The molecule has 0 heterocycles. The van der Waals surface area contributed by atoms with E-state index in [9.17, 15) is 9.90 Å². The van der Waals surface area contributed by atoms with Crippen LogP contribution in [-0.2, 0) is 4.79 Å². The van der Waals surface area contributed by atoms with E-state index in [-0.39, 0.29) is 0 Å². The highest BCUT2D eigenvalue weighted by Crippen LogP contribution is 2.35. The Morgan fingerprint density at radius 1 is 0.762 bits per heavy atom. The van der Waals surface area contributed by atoms with Gasteiger partial charge in [0.15, 0.2) is 0 Å². The molecule has 0 saturated carbocycles. The molecule has 0 radical (unpaired) electrons. The van der Waals surface area contributed by atoms with E-state index in [1.165, 1.54) is 0 Å². The van der Waals surface area contributed by atoms with Crippen LogP contribution in [0.3, 0.4) is 0 Å². The molecule has 3 heteroatoms. The zero-order valence-electron chi connectivity index (χ0n) is 11.2. The van der Waals surface area contributed by atoms with E-state index >= 15 is 0 Å². The minimum atomic E-state index is -0.877. The van der Waals surface area contributed by atoms with Crippen LogP contribution in [-0.4, -0.2) is 17.9 Å². The Labute approximate surface area is 120 Å². The van der Waals surface area contributed by atoms with Crippen molar-refractivity contribution in [2.75, 3.05) is 0 Å². The Hall–Kier alpha value is -2.94. The van der Waals surface area contributed by atoms with E-state index in [1.54, 1.807) is 6.07 Å². The lowest BCUT2D eigenvalue weighted by atomic mass is 9.92. The molecule has 4 aromatic rings. The Kier molecular flexibility index (Phi) is 3.03. The third kappa shape index (κ3) is 1.82. The number of benzene rings is 4. The van der Waals surface area contributed by atoms with Gasteiger partial charge in [-0.2, -0.15) is 0 Å². The summed E-state index contributed by atoms with van der Waals surface area (Å²) in [5.74, 6) is -0.877. The van der Waals surface area contributed by atoms with Crippen LogP contribution in [0.1, 0.15) is 10.4 Å². The molecule has 0 unspecified atom stereocenters. The van der Waals surface area contributed by atoms with E-state index in [0.717, 1.165) is 32.3 Å². The van der Waals surface area contributed by atoms with Gasteiger partial charge in [-0.05, 0) is 38.4 Å². The minimum absolute atomic E-state index is 0.366. The molecule has 0 fully saturated rings. The van der Waals surface area contributed by atoms with Crippen LogP contribution in [0.4, 0.5) is 0 Å². The molecule has 0 saturated heterocycles. The van der Waals surface area contributed by atoms with Crippen LogP contribution in [0.15, 0.2) is 54.6 Å². The van der Waals surface area contributed by atoms with Crippen molar-refractivity contribution in [2.24, 2.45) is 0 Å². The lowest BCUT2D eigenvalue weighted by molar-refractivity contribution is -0.0980. The van der Waals surface area contributed by atoms with Crippen molar-refractivity contribution in [1.29, 1.82) is 0 Å².